The average Bonchev–Trinajstić information content (AvgIpc) is 2.34. The molecule has 2 rings (SSSR count). The van der Waals surface area contributed by atoms with Gasteiger partial charge >= 0.3 is 0 Å². The van der Waals surface area contributed by atoms with Crippen molar-refractivity contribution in [2.75, 3.05) is 0 Å². The van der Waals surface area contributed by atoms with Crippen LogP contribution >= 0.6 is 11.6 Å². The number of nitrogens with zero attached hydrogens (tertiary/aromatic N) is 2. The highest BCUT2D eigenvalue weighted by Gasteiger charge is 2.13. The van der Waals surface area contributed by atoms with E-state index in [1.165, 1.54) is 18.2 Å². The number of hydrogen-bond donors (Lipinski definition) is 0. The first-order valence-electron chi connectivity index (χ1n) is 5.10. The van der Waals surface area contributed by atoms with Gasteiger partial charge in [-0.15, -0.1) is 0 Å². The maximum Gasteiger partial charge on any atom is 0.166 e. The van der Waals surface area contributed by atoms with Gasteiger partial charge in [0.1, 0.15) is 5.15 Å². The van der Waals surface area contributed by atoms with Crippen molar-refractivity contribution in [3.8, 4) is 17.2 Å². The molecular weight excluding hydrogens is 258 g/mol. The van der Waals surface area contributed by atoms with Crippen LogP contribution in [-0.4, -0.2) is 4.98 Å². The van der Waals surface area contributed by atoms with E-state index >= 15 is 0 Å². The molecule has 0 saturated carbocycles. The molecule has 18 heavy (non-hydrogen) atoms. The Morgan fingerprint density at radius 3 is 2.61 bits per heavy atom. The molecule has 5 heteroatoms. The SMILES string of the molecule is N#CCc1ccc(-c2cccc(F)c2F)c(Cl)n1. The lowest BCUT2D eigenvalue weighted by atomic mass is 10.1. The molecule has 2 nitrogen and oxygen atoms in total. The van der Waals surface area contributed by atoms with Crippen LogP contribution in [0.2, 0.25) is 5.15 Å². The largest absolute Gasteiger partial charge is 0.239 e. The summed E-state index contributed by atoms with van der Waals surface area (Å²) >= 11 is 5.91. The highest BCUT2D eigenvalue weighted by molar-refractivity contribution is 6.32. The first-order valence-corrected chi connectivity index (χ1v) is 5.48. The van der Waals surface area contributed by atoms with E-state index in [0.717, 1.165) is 6.07 Å². The molecule has 0 spiro atoms. The second-order valence-corrected chi connectivity index (χ2v) is 3.94. The second-order valence-electron chi connectivity index (χ2n) is 3.58. The summed E-state index contributed by atoms with van der Waals surface area (Å²) in [4.78, 5) is 3.96. The number of pyridine rings is 1. The van der Waals surface area contributed by atoms with E-state index in [2.05, 4.69) is 4.98 Å². The van der Waals surface area contributed by atoms with Gasteiger partial charge < -0.3 is 0 Å². The lowest BCUT2D eigenvalue weighted by molar-refractivity contribution is 0.511. The highest BCUT2D eigenvalue weighted by Crippen LogP contribution is 2.29. The fourth-order valence-corrected chi connectivity index (χ4v) is 1.84. The van der Waals surface area contributed by atoms with Crippen molar-refractivity contribution in [2.45, 2.75) is 6.42 Å². The van der Waals surface area contributed by atoms with Crippen LogP contribution in [-0.2, 0) is 6.42 Å². The Morgan fingerprint density at radius 1 is 1.17 bits per heavy atom. The van der Waals surface area contributed by atoms with Crippen LogP contribution in [0, 0.1) is 23.0 Å². The normalized spacial score (nSPS) is 10.1. The Morgan fingerprint density at radius 2 is 1.94 bits per heavy atom. The van der Waals surface area contributed by atoms with E-state index in [4.69, 9.17) is 16.9 Å². The highest BCUT2D eigenvalue weighted by atomic mass is 35.5. The summed E-state index contributed by atoms with van der Waals surface area (Å²) in [6.07, 6.45) is 0.117. The number of benzene rings is 1. The molecular formula is C13H7ClF2N2. The molecule has 0 atom stereocenters. The van der Waals surface area contributed by atoms with E-state index < -0.39 is 11.6 Å². The van der Waals surface area contributed by atoms with Gasteiger partial charge in [-0.05, 0) is 18.2 Å². The maximum absolute atomic E-state index is 13.6. The minimum atomic E-state index is -0.964. The van der Waals surface area contributed by atoms with Crippen molar-refractivity contribution in [2.24, 2.45) is 0 Å². The van der Waals surface area contributed by atoms with Crippen molar-refractivity contribution < 1.29 is 8.78 Å². The molecule has 1 aromatic heterocycles. The predicted molar refractivity (Wildman–Crippen MR) is 63.9 cm³/mol. The first kappa shape index (κ1) is 12.5. The third-order valence-electron chi connectivity index (χ3n) is 2.41. The summed E-state index contributed by atoms with van der Waals surface area (Å²) in [6, 6.07) is 8.88. The van der Waals surface area contributed by atoms with Crippen LogP contribution < -0.4 is 0 Å². The quantitative estimate of drug-likeness (QED) is 0.775. The summed E-state index contributed by atoms with van der Waals surface area (Å²) < 4.78 is 26.7. The number of nitriles is 1. The van der Waals surface area contributed by atoms with Gasteiger partial charge in [0.2, 0.25) is 0 Å². The van der Waals surface area contributed by atoms with Crippen LogP contribution in [0.15, 0.2) is 30.3 Å². The molecule has 0 radical (unpaired) electrons. The van der Waals surface area contributed by atoms with Gasteiger partial charge in [-0.25, -0.2) is 13.8 Å². The van der Waals surface area contributed by atoms with E-state index in [9.17, 15) is 8.78 Å². The zero-order chi connectivity index (χ0) is 13.1. The van der Waals surface area contributed by atoms with E-state index in [-0.39, 0.29) is 17.1 Å². The van der Waals surface area contributed by atoms with Crippen molar-refractivity contribution in [1.29, 1.82) is 5.26 Å². The lowest BCUT2D eigenvalue weighted by Gasteiger charge is -2.06. The standard InChI is InChI=1S/C13H7ClF2N2/c14-13-10(5-4-8(18-13)6-7-17)9-2-1-3-11(15)12(9)16/h1-5H,6H2. The zero-order valence-electron chi connectivity index (χ0n) is 9.12. The second kappa shape index (κ2) is 5.11. The molecule has 0 aliphatic rings. The fraction of sp³-hybridized carbons (Fsp3) is 0.0769. The molecule has 0 unspecified atom stereocenters. The minimum absolute atomic E-state index is 0.0484. The van der Waals surface area contributed by atoms with Crippen LogP contribution in [0.3, 0.4) is 0 Å². The Hall–Kier alpha value is -1.99. The van der Waals surface area contributed by atoms with Crippen molar-refractivity contribution in [3.05, 3.63) is 52.8 Å². The Balaban J connectivity index is 2.52. The third kappa shape index (κ3) is 2.31. The summed E-state index contributed by atoms with van der Waals surface area (Å²) in [5.41, 5.74) is 0.842. The predicted octanol–water partition coefficient (Wildman–Crippen LogP) is 3.75. The zero-order valence-corrected chi connectivity index (χ0v) is 9.88. The Kier molecular flexibility index (Phi) is 3.54. The number of halogens is 3. The molecule has 0 aliphatic carbocycles. The smallest absolute Gasteiger partial charge is 0.166 e. The number of aromatic nitrogens is 1. The summed E-state index contributed by atoms with van der Waals surface area (Å²) in [7, 11) is 0. The topological polar surface area (TPSA) is 36.7 Å². The molecule has 0 N–H and O–H groups in total. The summed E-state index contributed by atoms with van der Waals surface area (Å²) in [6.45, 7) is 0. The molecule has 90 valence electrons. The number of rotatable bonds is 2. The molecule has 2 aromatic rings. The Labute approximate surface area is 107 Å². The van der Waals surface area contributed by atoms with E-state index in [1.807, 2.05) is 6.07 Å². The van der Waals surface area contributed by atoms with Gasteiger partial charge in [-0.2, -0.15) is 5.26 Å². The minimum Gasteiger partial charge on any atom is -0.239 e. The van der Waals surface area contributed by atoms with Gasteiger partial charge in [0, 0.05) is 11.1 Å². The lowest BCUT2D eigenvalue weighted by Crippen LogP contribution is -1.94. The van der Waals surface area contributed by atoms with Crippen molar-refractivity contribution in [3.63, 3.8) is 0 Å². The van der Waals surface area contributed by atoms with Crippen molar-refractivity contribution in [1.82, 2.24) is 4.98 Å². The van der Waals surface area contributed by atoms with Crippen LogP contribution in [0.1, 0.15) is 5.69 Å². The molecule has 0 amide bonds. The molecule has 0 aliphatic heterocycles. The molecule has 0 saturated heterocycles. The van der Waals surface area contributed by atoms with Gasteiger partial charge in [-0.1, -0.05) is 23.7 Å². The molecule has 1 aromatic carbocycles. The fourth-order valence-electron chi connectivity index (χ4n) is 1.56. The molecule has 0 bridgehead atoms. The van der Waals surface area contributed by atoms with Crippen LogP contribution in [0.5, 0.6) is 0 Å². The van der Waals surface area contributed by atoms with Crippen LogP contribution in [0.25, 0.3) is 11.1 Å². The maximum atomic E-state index is 13.6. The monoisotopic (exact) mass is 264 g/mol. The Bertz CT molecular complexity index is 635. The van der Waals surface area contributed by atoms with Gasteiger partial charge in [0.15, 0.2) is 11.6 Å². The van der Waals surface area contributed by atoms with Gasteiger partial charge in [0.05, 0.1) is 18.2 Å². The van der Waals surface area contributed by atoms with Gasteiger partial charge in [0.25, 0.3) is 0 Å². The number of hydrogen-bond acceptors (Lipinski definition) is 2. The summed E-state index contributed by atoms with van der Waals surface area (Å²) in [5.74, 6) is -1.90. The third-order valence-corrected chi connectivity index (χ3v) is 2.70. The molecule has 0 fully saturated rings. The van der Waals surface area contributed by atoms with Crippen molar-refractivity contribution >= 4 is 11.6 Å². The van der Waals surface area contributed by atoms with Crippen LogP contribution in [0.4, 0.5) is 8.78 Å². The average molecular weight is 265 g/mol. The van der Waals surface area contributed by atoms with Gasteiger partial charge in [-0.3, -0.25) is 0 Å². The van der Waals surface area contributed by atoms with E-state index in [0.29, 0.717) is 11.3 Å². The molecule has 1 heterocycles. The first-order chi connectivity index (χ1) is 8.63. The van der Waals surface area contributed by atoms with E-state index in [1.54, 1.807) is 6.07 Å². The summed E-state index contributed by atoms with van der Waals surface area (Å²) in [5, 5.41) is 8.58.